The highest BCUT2D eigenvalue weighted by atomic mass is 16.6. The summed E-state index contributed by atoms with van der Waals surface area (Å²) >= 11 is 0. The van der Waals surface area contributed by atoms with E-state index in [4.69, 9.17) is 9.57 Å². The molecule has 1 aliphatic rings. The monoisotopic (exact) mass is 440 g/mol. The van der Waals surface area contributed by atoms with E-state index in [2.05, 4.69) is 11.7 Å². The predicted octanol–water partition coefficient (Wildman–Crippen LogP) is 5.03. The maximum atomic E-state index is 13.8. The molecule has 0 spiro atoms. The van der Waals surface area contributed by atoms with Gasteiger partial charge in [0.05, 0.1) is 25.3 Å². The first-order valence-corrected chi connectivity index (χ1v) is 11.1. The number of carbonyl (C=O) groups excluding carboxylic acids is 1. The summed E-state index contributed by atoms with van der Waals surface area (Å²) in [6.45, 7) is 4.72. The fourth-order valence-electron chi connectivity index (χ4n) is 4.18. The smallest absolute Gasteiger partial charge is 0.234 e. The minimum absolute atomic E-state index is 0.0154. The summed E-state index contributed by atoms with van der Waals surface area (Å²) in [6.07, 6.45) is 2.12. The topological polar surface area (TPSA) is 51.1 Å². The van der Waals surface area contributed by atoms with Crippen molar-refractivity contribution >= 4 is 11.6 Å². The van der Waals surface area contributed by atoms with Crippen molar-refractivity contribution in [3.8, 4) is 5.75 Å². The van der Waals surface area contributed by atoms with Gasteiger partial charge in [0.2, 0.25) is 5.91 Å². The van der Waals surface area contributed by atoms with Crippen LogP contribution < -0.4 is 4.74 Å². The van der Waals surface area contributed by atoms with Crippen molar-refractivity contribution < 1.29 is 14.4 Å². The van der Waals surface area contributed by atoms with E-state index in [9.17, 15) is 4.79 Å². The van der Waals surface area contributed by atoms with E-state index >= 15 is 0 Å². The fourth-order valence-corrected chi connectivity index (χ4v) is 4.18. The summed E-state index contributed by atoms with van der Waals surface area (Å²) in [5.74, 6) is 0.373. The third kappa shape index (κ3) is 5.14. The van der Waals surface area contributed by atoms with Gasteiger partial charge in [-0.05, 0) is 23.3 Å². The van der Waals surface area contributed by atoms with E-state index in [1.54, 1.807) is 13.2 Å². The molecule has 33 heavy (non-hydrogen) atoms. The second-order valence-corrected chi connectivity index (χ2v) is 7.96. The Morgan fingerprint density at radius 2 is 1.67 bits per heavy atom. The molecule has 0 radical (unpaired) electrons. The Hall–Kier alpha value is -3.86. The molecule has 0 bridgehead atoms. The van der Waals surface area contributed by atoms with Crippen LogP contribution in [0.15, 0.2) is 103 Å². The molecule has 0 saturated carbocycles. The standard InChI is InChI=1S/C28H28N2O3/c1-3-18-30(20-23-19-25(29-33-23)24-16-10-11-17-26(24)32-2)28(31)27(21-12-6-4-7-13-21)22-14-8-5-9-15-22/h3-17,23,27H,1,18-20H2,2H3. The molecule has 4 rings (SSSR count). The van der Waals surface area contributed by atoms with E-state index in [-0.39, 0.29) is 12.0 Å². The summed E-state index contributed by atoms with van der Waals surface area (Å²) in [7, 11) is 1.64. The number of amides is 1. The molecule has 0 saturated heterocycles. The van der Waals surface area contributed by atoms with Gasteiger partial charge in [-0.2, -0.15) is 0 Å². The summed E-state index contributed by atoms with van der Waals surface area (Å²) in [5, 5.41) is 4.30. The number of ether oxygens (including phenoxy) is 1. The van der Waals surface area contributed by atoms with Crippen molar-refractivity contribution in [1.29, 1.82) is 0 Å². The highest BCUT2D eigenvalue weighted by Gasteiger charge is 2.31. The lowest BCUT2D eigenvalue weighted by Crippen LogP contribution is -2.41. The zero-order chi connectivity index (χ0) is 23.0. The molecule has 5 heteroatoms. The van der Waals surface area contributed by atoms with Crippen molar-refractivity contribution in [2.75, 3.05) is 20.2 Å². The summed E-state index contributed by atoms with van der Waals surface area (Å²) < 4.78 is 5.47. The zero-order valence-electron chi connectivity index (χ0n) is 18.8. The van der Waals surface area contributed by atoms with Crippen molar-refractivity contribution in [3.63, 3.8) is 0 Å². The molecule has 3 aromatic carbocycles. The molecular weight excluding hydrogens is 412 g/mol. The molecule has 0 aromatic heterocycles. The van der Waals surface area contributed by atoms with E-state index < -0.39 is 5.92 Å². The molecule has 168 valence electrons. The number of methoxy groups -OCH3 is 1. The molecular formula is C28H28N2O3. The lowest BCUT2D eigenvalue weighted by Gasteiger charge is -2.28. The van der Waals surface area contributed by atoms with Crippen molar-refractivity contribution in [1.82, 2.24) is 4.90 Å². The van der Waals surface area contributed by atoms with Crippen LogP contribution in [0.3, 0.4) is 0 Å². The van der Waals surface area contributed by atoms with Crippen LogP contribution in [0.4, 0.5) is 0 Å². The number of carbonyl (C=O) groups is 1. The number of hydrogen-bond acceptors (Lipinski definition) is 4. The normalized spacial score (nSPS) is 15.0. The number of para-hydroxylation sites is 1. The van der Waals surface area contributed by atoms with Crippen LogP contribution in [-0.2, 0) is 9.63 Å². The molecule has 0 aliphatic carbocycles. The van der Waals surface area contributed by atoms with E-state index in [0.29, 0.717) is 19.5 Å². The van der Waals surface area contributed by atoms with E-state index in [1.165, 1.54) is 0 Å². The lowest BCUT2D eigenvalue weighted by molar-refractivity contribution is -0.133. The largest absolute Gasteiger partial charge is 0.496 e. The third-order valence-corrected chi connectivity index (χ3v) is 5.75. The number of benzene rings is 3. The minimum atomic E-state index is -0.400. The fraction of sp³-hybridized carbons (Fsp3) is 0.214. The highest BCUT2D eigenvalue weighted by molar-refractivity contribution is 6.03. The molecule has 3 aromatic rings. The summed E-state index contributed by atoms with van der Waals surface area (Å²) in [4.78, 5) is 21.4. The van der Waals surface area contributed by atoms with Crippen LogP contribution in [0.5, 0.6) is 5.75 Å². The molecule has 1 unspecified atom stereocenters. The van der Waals surface area contributed by atoms with Crippen LogP contribution in [0.2, 0.25) is 0 Å². The van der Waals surface area contributed by atoms with Gasteiger partial charge >= 0.3 is 0 Å². The Balaban J connectivity index is 1.54. The predicted molar refractivity (Wildman–Crippen MR) is 131 cm³/mol. The van der Waals surface area contributed by atoms with Gasteiger partial charge in [-0.25, -0.2) is 0 Å². The Bertz CT molecular complexity index is 1070. The molecule has 1 atom stereocenters. The zero-order valence-corrected chi connectivity index (χ0v) is 18.8. The second-order valence-electron chi connectivity index (χ2n) is 7.96. The van der Waals surface area contributed by atoms with Crippen molar-refractivity contribution in [2.24, 2.45) is 5.16 Å². The third-order valence-electron chi connectivity index (χ3n) is 5.75. The van der Waals surface area contributed by atoms with Gasteiger partial charge < -0.3 is 14.5 Å². The number of oxime groups is 1. The first-order chi connectivity index (χ1) is 16.2. The molecule has 5 nitrogen and oxygen atoms in total. The second kappa shape index (κ2) is 10.6. The van der Waals surface area contributed by atoms with E-state index in [0.717, 1.165) is 28.2 Å². The highest BCUT2D eigenvalue weighted by Crippen LogP contribution is 2.29. The minimum Gasteiger partial charge on any atom is -0.496 e. The molecule has 1 heterocycles. The maximum Gasteiger partial charge on any atom is 0.234 e. The van der Waals surface area contributed by atoms with Gasteiger partial charge in [-0.3, -0.25) is 4.79 Å². The van der Waals surface area contributed by atoms with Crippen molar-refractivity contribution in [3.05, 3.63) is 114 Å². The Labute approximate surface area is 194 Å². The first kappa shape index (κ1) is 22.3. The van der Waals surface area contributed by atoms with Crippen LogP contribution in [0.1, 0.15) is 29.0 Å². The molecule has 0 N–H and O–H groups in total. The summed E-state index contributed by atoms with van der Waals surface area (Å²) in [6, 6.07) is 27.5. The number of hydrogen-bond donors (Lipinski definition) is 0. The molecule has 1 amide bonds. The summed E-state index contributed by atoms with van der Waals surface area (Å²) in [5.41, 5.74) is 3.66. The number of nitrogens with zero attached hydrogens (tertiary/aromatic N) is 2. The first-order valence-electron chi connectivity index (χ1n) is 11.1. The van der Waals surface area contributed by atoms with Crippen LogP contribution in [0.25, 0.3) is 0 Å². The molecule has 0 fully saturated rings. The van der Waals surface area contributed by atoms with Gasteiger partial charge in [0.15, 0.2) is 6.10 Å². The van der Waals surface area contributed by atoms with Crippen LogP contribution in [0, 0.1) is 0 Å². The Morgan fingerprint density at radius 3 is 2.27 bits per heavy atom. The van der Waals surface area contributed by atoms with Gasteiger partial charge in [-0.15, -0.1) is 6.58 Å². The van der Waals surface area contributed by atoms with Crippen LogP contribution >= 0.6 is 0 Å². The maximum absolute atomic E-state index is 13.8. The molecule has 1 aliphatic heterocycles. The Kier molecular flexibility index (Phi) is 7.20. The van der Waals surface area contributed by atoms with Crippen LogP contribution in [-0.4, -0.2) is 42.8 Å². The number of rotatable bonds is 9. The average molecular weight is 441 g/mol. The van der Waals surface area contributed by atoms with Gasteiger partial charge in [0.1, 0.15) is 5.75 Å². The van der Waals surface area contributed by atoms with Gasteiger partial charge in [0.25, 0.3) is 0 Å². The van der Waals surface area contributed by atoms with Crippen molar-refractivity contribution in [2.45, 2.75) is 18.4 Å². The van der Waals surface area contributed by atoms with E-state index in [1.807, 2.05) is 89.8 Å². The Morgan fingerprint density at radius 1 is 1.06 bits per heavy atom. The van der Waals surface area contributed by atoms with Gasteiger partial charge in [-0.1, -0.05) is 84.0 Å². The average Bonchev–Trinajstić information content (AvgIpc) is 3.33. The lowest BCUT2D eigenvalue weighted by atomic mass is 9.90. The quantitative estimate of drug-likeness (QED) is 0.438. The van der Waals surface area contributed by atoms with Gasteiger partial charge in [0, 0.05) is 18.5 Å². The SMILES string of the molecule is C=CCN(CC1CC(c2ccccc2OC)=NO1)C(=O)C(c1ccccc1)c1ccccc1.